The zero-order chi connectivity index (χ0) is 25.4. The van der Waals surface area contributed by atoms with Crippen LogP contribution in [0.15, 0.2) is 18.2 Å². The Balaban J connectivity index is 1.86. The summed E-state index contributed by atoms with van der Waals surface area (Å²) in [5.41, 5.74) is 1.09. The van der Waals surface area contributed by atoms with Crippen LogP contribution < -0.4 is 15.4 Å². The molecular weight excluding hydrogens is 444 g/mol. The van der Waals surface area contributed by atoms with Gasteiger partial charge in [0.1, 0.15) is 12.4 Å². The number of nitrogens with zero attached hydrogens (tertiary/aromatic N) is 2. The van der Waals surface area contributed by atoms with E-state index in [1.54, 1.807) is 37.3 Å². The highest BCUT2D eigenvalue weighted by Gasteiger charge is 2.30. The molecule has 1 aromatic rings. The molecule has 0 aromatic heterocycles. The van der Waals surface area contributed by atoms with Crippen molar-refractivity contribution in [3.63, 3.8) is 0 Å². The fourth-order valence-electron chi connectivity index (χ4n) is 5.12. The van der Waals surface area contributed by atoms with Gasteiger partial charge in [-0.3, -0.25) is 9.69 Å². The van der Waals surface area contributed by atoms with Gasteiger partial charge in [0.15, 0.2) is 0 Å². The predicted molar refractivity (Wildman–Crippen MR) is 139 cm³/mol. The largest absolute Gasteiger partial charge is 0.491 e. The Morgan fingerprint density at radius 2 is 1.94 bits per heavy atom. The molecule has 1 aliphatic heterocycles. The lowest BCUT2D eigenvalue weighted by atomic mass is 9.99. The van der Waals surface area contributed by atoms with Crippen molar-refractivity contribution in [2.75, 3.05) is 52.3 Å². The lowest BCUT2D eigenvalue weighted by molar-refractivity contribution is 0.00814. The number of fused-ring (bicyclic) bond motifs is 1. The third-order valence-corrected chi connectivity index (χ3v) is 7.34. The Labute approximate surface area is 210 Å². The van der Waals surface area contributed by atoms with E-state index < -0.39 is 0 Å². The highest BCUT2D eigenvalue weighted by Crippen LogP contribution is 2.29. The average Bonchev–Trinajstić information content (AvgIpc) is 3.36. The van der Waals surface area contributed by atoms with Gasteiger partial charge in [-0.05, 0) is 50.2 Å². The Bertz CT molecular complexity index is 842. The molecule has 1 aromatic carbocycles. The van der Waals surface area contributed by atoms with Gasteiger partial charge in [-0.25, -0.2) is 4.79 Å². The normalized spacial score (nSPS) is 24.8. The third-order valence-electron chi connectivity index (χ3n) is 7.34. The molecule has 2 N–H and O–H groups in total. The van der Waals surface area contributed by atoms with E-state index in [9.17, 15) is 9.59 Å². The monoisotopic (exact) mass is 488 g/mol. The molecule has 35 heavy (non-hydrogen) atoms. The van der Waals surface area contributed by atoms with Gasteiger partial charge < -0.3 is 25.0 Å². The van der Waals surface area contributed by atoms with E-state index >= 15 is 0 Å². The molecule has 196 valence electrons. The summed E-state index contributed by atoms with van der Waals surface area (Å²) in [6, 6.07) is 5.15. The first-order valence-electron chi connectivity index (χ1n) is 13.2. The van der Waals surface area contributed by atoms with Crippen molar-refractivity contribution < 1.29 is 19.1 Å². The molecule has 1 fully saturated rings. The molecule has 0 bridgehead atoms. The van der Waals surface area contributed by atoms with Crippen molar-refractivity contribution in [1.82, 2.24) is 15.1 Å². The van der Waals surface area contributed by atoms with Crippen molar-refractivity contribution in [3.05, 3.63) is 23.8 Å². The zero-order valence-corrected chi connectivity index (χ0v) is 22.1. The molecule has 3 atom stereocenters. The van der Waals surface area contributed by atoms with Gasteiger partial charge in [-0.15, -0.1) is 0 Å². The summed E-state index contributed by atoms with van der Waals surface area (Å²) in [4.78, 5) is 29.8. The number of hydrogen-bond donors (Lipinski definition) is 2. The number of carbonyl (C=O) groups is 2. The van der Waals surface area contributed by atoms with Gasteiger partial charge >= 0.3 is 6.03 Å². The maximum absolute atomic E-state index is 13.4. The van der Waals surface area contributed by atoms with Crippen LogP contribution in [0.1, 0.15) is 63.2 Å². The molecule has 8 nitrogen and oxygen atoms in total. The van der Waals surface area contributed by atoms with E-state index in [-0.39, 0.29) is 30.0 Å². The fourth-order valence-corrected chi connectivity index (χ4v) is 5.12. The van der Waals surface area contributed by atoms with Crippen LogP contribution in [0.2, 0.25) is 0 Å². The second-order valence-electron chi connectivity index (χ2n) is 10.3. The van der Waals surface area contributed by atoms with Crippen LogP contribution in [-0.4, -0.2) is 80.8 Å². The minimum atomic E-state index is -0.267. The Hall–Kier alpha value is -2.32. The number of methoxy groups -OCH3 is 1. The molecule has 1 aliphatic carbocycles. The van der Waals surface area contributed by atoms with E-state index in [1.807, 2.05) is 6.92 Å². The van der Waals surface area contributed by atoms with E-state index in [2.05, 4.69) is 29.4 Å². The van der Waals surface area contributed by atoms with Crippen molar-refractivity contribution in [2.45, 2.75) is 65.0 Å². The van der Waals surface area contributed by atoms with E-state index in [0.29, 0.717) is 36.7 Å². The summed E-state index contributed by atoms with van der Waals surface area (Å²) in [5, 5.41) is 5.65. The number of likely N-dealkylation sites (N-methyl/N-ethyl adjacent to an activating group) is 1. The van der Waals surface area contributed by atoms with Crippen LogP contribution in [0.25, 0.3) is 0 Å². The standard InChI is InChI=1S/C27H44N4O4/c1-6-13-28-27(33)29-22-11-12-23-24(14-22)35-18-20(3)31(16-21-9-7-8-10-21)15-19(2)25(34-5)17-30(4)26(23)32/h11-12,14,19-21,25H,6-10,13,15-18H2,1-5H3,(H2,28,29,33)/t19-,20+,25+/m1/s1. The zero-order valence-electron chi connectivity index (χ0n) is 22.1. The van der Waals surface area contributed by atoms with Gasteiger partial charge in [0.2, 0.25) is 0 Å². The number of hydrogen-bond acceptors (Lipinski definition) is 5. The summed E-state index contributed by atoms with van der Waals surface area (Å²) in [5.74, 6) is 1.37. The Kier molecular flexibility index (Phi) is 10.2. The molecule has 0 unspecified atom stereocenters. The summed E-state index contributed by atoms with van der Waals surface area (Å²) in [6.45, 7) is 9.94. The lowest BCUT2D eigenvalue weighted by Gasteiger charge is -2.37. The van der Waals surface area contributed by atoms with Gasteiger partial charge in [0.25, 0.3) is 5.91 Å². The first-order chi connectivity index (χ1) is 16.8. The number of urea groups is 1. The minimum absolute atomic E-state index is 0.0609. The van der Waals surface area contributed by atoms with Crippen LogP contribution in [0.5, 0.6) is 5.75 Å². The molecule has 8 heteroatoms. The van der Waals surface area contributed by atoms with Crippen molar-refractivity contribution in [3.8, 4) is 5.75 Å². The maximum Gasteiger partial charge on any atom is 0.319 e. The topological polar surface area (TPSA) is 83.1 Å². The molecule has 1 heterocycles. The molecule has 3 amide bonds. The molecule has 2 aliphatic rings. The van der Waals surface area contributed by atoms with Gasteiger partial charge in [-0.1, -0.05) is 26.7 Å². The third kappa shape index (κ3) is 7.58. The van der Waals surface area contributed by atoms with Crippen molar-refractivity contribution in [1.29, 1.82) is 0 Å². The van der Waals surface area contributed by atoms with Crippen molar-refractivity contribution in [2.24, 2.45) is 11.8 Å². The minimum Gasteiger partial charge on any atom is -0.491 e. The number of carbonyl (C=O) groups excluding carboxylic acids is 2. The summed E-state index contributed by atoms with van der Waals surface area (Å²) in [7, 11) is 3.54. The summed E-state index contributed by atoms with van der Waals surface area (Å²) >= 11 is 0. The number of anilines is 1. The lowest BCUT2D eigenvalue weighted by Crippen LogP contribution is -2.47. The summed E-state index contributed by atoms with van der Waals surface area (Å²) < 4.78 is 12.1. The van der Waals surface area contributed by atoms with E-state index in [4.69, 9.17) is 9.47 Å². The Morgan fingerprint density at radius 3 is 2.63 bits per heavy atom. The maximum atomic E-state index is 13.4. The van der Waals surface area contributed by atoms with Crippen LogP contribution in [0.3, 0.4) is 0 Å². The quantitative estimate of drug-likeness (QED) is 0.627. The summed E-state index contributed by atoms with van der Waals surface area (Å²) in [6.07, 6.45) is 6.03. The van der Waals surface area contributed by atoms with E-state index in [0.717, 1.165) is 25.4 Å². The number of nitrogens with one attached hydrogen (secondary N) is 2. The first kappa shape index (κ1) is 27.3. The van der Waals surface area contributed by atoms with Crippen molar-refractivity contribution >= 4 is 17.6 Å². The van der Waals surface area contributed by atoms with Crippen LogP contribution >= 0.6 is 0 Å². The first-order valence-corrected chi connectivity index (χ1v) is 13.2. The Morgan fingerprint density at radius 1 is 1.20 bits per heavy atom. The molecule has 0 saturated heterocycles. The highest BCUT2D eigenvalue weighted by molar-refractivity contribution is 5.98. The fraction of sp³-hybridized carbons (Fsp3) is 0.704. The van der Waals surface area contributed by atoms with Gasteiger partial charge in [-0.2, -0.15) is 0 Å². The van der Waals surface area contributed by atoms with E-state index in [1.165, 1.54) is 25.7 Å². The van der Waals surface area contributed by atoms with Crippen LogP contribution in [0.4, 0.5) is 10.5 Å². The number of amides is 3. The van der Waals surface area contributed by atoms with Crippen LogP contribution in [0, 0.1) is 11.8 Å². The molecule has 1 saturated carbocycles. The number of rotatable bonds is 6. The van der Waals surface area contributed by atoms with Crippen LogP contribution in [-0.2, 0) is 4.74 Å². The molecular formula is C27H44N4O4. The molecule has 0 spiro atoms. The second-order valence-corrected chi connectivity index (χ2v) is 10.3. The highest BCUT2D eigenvalue weighted by atomic mass is 16.5. The van der Waals surface area contributed by atoms with Gasteiger partial charge in [0.05, 0.1) is 11.7 Å². The molecule has 3 rings (SSSR count). The second kappa shape index (κ2) is 13.1. The SMILES string of the molecule is CCCNC(=O)Nc1ccc2c(c1)OC[C@H](C)N(CC1CCCC1)C[C@@H](C)[C@@H](OC)CN(C)C2=O. The number of benzene rings is 1. The number of ether oxygens (including phenoxy) is 2. The predicted octanol–water partition coefficient (Wildman–Crippen LogP) is 4.21. The average molecular weight is 489 g/mol. The smallest absolute Gasteiger partial charge is 0.319 e. The molecule has 0 radical (unpaired) electrons. The van der Waals surface area contributed by atoms with Gasteiger partial charge in [0, 0.05) is 58.1 Å².